The van der Waals surface area contributed by atoms with Crippen molar-refractivity contribution in [1.29, 1.82) is 0 Å². The van der Waals surface area contributed by atoms with Gasteiger partial charge in [-0.15, -0.1) is 5.92 Å². The van der Waals surface area contributed by atoms with Crippen LogP contribution in [-0.4, -0.2) is 60.1 Å². The summed E-state index contributed by atoms with van der Waals surface area (Å²) in [7, 11) is -6.64. The first-order valence-electron chi connectivity index (χ1n) is 14.1. The fraction of sp³-hybridized carbons (Fsp3) is 0.926. The molecule has 0 aliphatic heterocycles. The largest absolute Gasteiger partial charge is 3.00 e. The first kappa shape index (κ1) is 49.4. The van der Waals surface area contributed by atoms with Gasteiger partial charge in [-0.3, -0.25) is 0 Å². The second-order valence-corrected chi connectivity index (χ2v) is 45.1. The Bertz CT molecular complexity index is 537. The topological polar surface area (TPSA) is 62.5 Å². The quantitative estimate of drug-likeness (QED) is 0.148. The summed E-state index contributed by atoms with van der Waals surface area (Å²) in [5.41, 5.74) is -0.812. The van der Waals surface area contributed by atoms with Crippen molar-refractivity contribution in [3.05, 3.63) is 13.9 Å². The summed E-state index contributed by atoms with van der Waals surface area (Å²) in [6, 6.07) is 0. The monoisotopic (exact) mass is 858 g/mol. The standard InChI is InChI=1S/C9H16O.3C6H18NSi2.U/c1-4-5-6-7-8-9(2,3)10;3*1-8(2,3)7-9(4,5)6;/h10H,4-6H2,1-3H3;3*1-6H3;/q;3*-1;+3. The maximum absolute atomic E-state index is 9.14. The molecular formula is C27H70N3OSi6U. The molecule has 0 aromatic carbocycles. The van der Waals surface area contributed by atoms with Crippen LogP contribution >= 0.6 is 0 Å². The molecule has 0 aromatic rings. The number of nitrogens with zero attached hydrogens (tertiary/aromatic N) is 3. The van der Waals surface area contributed by atoms with E-state index in [4.69, 9.17) is 19.1 Å². The van der Waals surface area contributed by atoms with E-state index in [9.17, 15) is 0 Å². The third-order valence-electron chi connectivity index (χ3n) is 3.06. The normalized spacial score (nSPS) is 12.7. The third kappa shape index (κ3) is 71.3. The van der Waals surface area contributed by atoms with Crippen LogP contribution in [0.1, 0.15) is 40.0 Å². The van der Waals surface area contributed by atoms with Crippen LogP contribution in [0.2, 0.25) is 118 Å². The molecule has 0 saturated carbocycles. The Labute approximate surface area is 272 Å². The first-order chi connectivity index (χ1) is 15.7. The molecule has 0 spiro atoms. The number of unbranched alkanes of at least 4 members (excludes halogenated alkanes) is 2. The fourth-order valence-corrected chi connectivity index (χ4v) is 27.7. The van der Waals surface area contributed by atoms with Crippen molar-refractivity contribution in [2.24, 2.45) is 0 Å². The van der Waals surface area contributed by atoms with E-state index in [0.29, 0.717) is 0 Å². The van der Waals surface area contributed by atoms with E-state index in [-0.39, 0.29) is 31.1 Å². The van der Waals surface area contributed by atoms with Gasteiger partial charge in [0.05, 0.1) is 0 Å². The number of hydrogen-bond acceptors (Lipinski definition) is 1. The zero-order valence-electron chi connectivity index (χ0n) is 29.9. The summed E-state index contributed by atoms with van der Waals surface area (Å²) < 4.78 is 14.5. The van der Waals surface area contributed by atoms with Crippen LogP contribution in [0.4, 0.5) is 0 Å². The molecule has 11 heteroatoms. The second kappa shape index (κ2) is 20.6. The molecule has 0 rings (SSSR count). The van der Waals surface area contributed by atoms with Gasteiger partial charge in [0, 0.05) is 6.42 Å². The molecule has 0 fully saturated rings. The van der Waals surface area contributed by atoms with Gasteiger partial charge >= 0.3 is 31.1 Å². The Morgan fingerprint density at radius 2 is 0.737 bits per heavy atom. The van der Waals surface area contributed by atoms with E-state index in [1.54, 1.807) is 13.8 Å². The smallest absolute Gasteiger partial charge is 0.668 e. The molecule has 0 atom stereocenters. The molecule has 0 aromatic heterocycles. The van der Waals surface area contributed by atoms with Gasteiger partial charge in [0.2, 0.25) is 0 Å². The van der Waals surface area contributed by atoms with E-state index < -0.39 is 55.0 Å². The summed E-state index contributed by atoms with van der Waals surface area (Å²) >= 11 is 0. The summed E-state index contributed by atoms with van der Waals surface area (Å²) in [6.07, 6.45) is 3.20. The molecule has 0 unspecified atom stereocenters. The SMILES string of the molecule is CCCCC#CC(C)(C)O.C[Si](C)(C)[N-][Si](C)(C)C.C[Si](C)(C)[N-][Si](C)(C)C.C[Si](C)(C)[N-][Si](C)(C)C.[U+3]. The van der Waals surface area contributed by atoms with Crippen molar-refractivity contribution in [2.45, 2.75) is 163 Å². The molecular weight excluding hydrogens is 789 g/mol. The molecule has 38 heavy (non-hydrogen) atoms. The van der Waals surface area contributed by atoms with Crippen molar-refractivity contribution in [2.75, 3.05) is 0 Å². The zero-order chi connectivity index (χ0) is 31.2. The van der Waals surface area contributed by atoms with E-state index in [0.717, 1.165) is 12.8 Å². The van der Waals surface area contributed by atoms with Crippen LogP contribution in [0.25, 0.3) is 13.9 Å². The van der Waals surface area contributed by atoms with Gasteiger partial charge in [0.1, 0.15) is 5.60 Å². The number of rotatable bonds is 8. The van der Waals surface area contributed by atoms with Crippen LogP contribution in [-0.2, 0) is 0 Å². The molecule has 0 bridgehead atoms. The van der Waals surface area contributed by atoms with Gasteiger partial charge in [-0.1, -0.05) is 187 Å². The molecule has 227 valence electrons. The molecule has 0 aliphatic carbocycles. The maximum Gasteiger partial charge on any atom is 3.00 e. The summed E-state index contributed by atoms with van der Waals surface area (Å²) in [6.45, 7) is 46.9. The van der Waals surface area contributed by atoms with Gasteiger partial charge in [0.15, 0.2) is 0 Å². The minimum atomic E-state index is -1.11. The number of hydrogen-bond donors (Lipinski definition) is 1. The van der Waals surface area contributed by atoms with Crippen LogP contribution in [0, 0.1) is 43.0 Å². The minimum Gasteiger partial charge on any atom is -0.668 e. The Kier molecular flexibility index (Phi) is 26.8. The number of aliphatic hydroxyl groups is 1. The Morgan fingerprint density at radius 3 is 0.842 bits per heavy atom. The van der Waals surface area contributed by atoms with E-state index in [2.05, 4.69) is 137 Å². The zero-order valence-corrected chi connectivity index (χ0v) is 40.1. The predicted molar refractivity (Wildman–Crippen MR) is 194 cm³/mol. The average Bonchev–Trinajstić information content (AvgIpc) is 2.41. The van der Waals surface area contributed by atoms with Gasteiger partial charge in [-0.2, -0.15) is 0 Å². The first-order valence-corrected chi connectivity index (χ1v) is 34.8. The summed E-state index contributed by atoms with van der Waals surface area (Å²) in [5, 5.41) is 9.14. The van der Waals surface area contributed by atoms with Gasteiger partial charge in [0.25, 0.3) is 0 Å². The molecule has 1 N–H and O–H groups in total. The predicted octanol–water partition coefficient (Wildman–Crippen LogP) is 11.0. The van der Waals surface area contributed by atoms with Crippen LogP contribution in [0.15, 0.2) is 0 Å². The van der Waals surface area contributed by atoms with Gasteiger partial charge < -0.3 is 19.1 Å². The second-order valence-electron chi connectivity index (χ2n) is 16.3. The molecule has 4 nitrogen and oxygen atoms in total. The van der Waals surface area contributed by atoms with Crippen LogP contribution in [0.5, 0.6) is 0 Å². The van der Waals surface area contributed by atoms with E-state index in [1.165, 1.54) is 6.42 Å². The van der Waals surface area contributed by atoms with Crippen molar-refractivity contribution < 1.29 is 36.2 Å². The molecule has 0 amide bonds. The summed E-state index contributed by atoms with van der Waals surface area (Å²) in [5.74, 6) is 5.69. The van der Waals surface area contributed by atoms with Crippen LogP contribution < -0.4 is 0 Å². The van der Waals surface area contributed by atoms with Crippen molar-refractivity contribution >= 4 is 49.4 Å². The Hall–Kier alpha value is 1.75. The van der Waals surface area contributed by atoms with E-state index >= 15 is 0 Å². The van der Waals surface area contributed by atoms with Gasteiger partial charge in [-0.05, 0) is 20.3 Å². The van der Waals surface area contributed by atoms with Crippen molar-refractivity contribution in [3.8, 4) is 11.8 Å². The van der Waals surface area contributed by atoms with Crippen LogP contribution in [0.3, 0.4) is 0 Å². The third-order valence-corrected chi connectivity index (χ3v) is 19.2. The van der Waals surface area contributed by atoms with E-state index in [1.807, 2.05) is 0 Å². The molecule has 0 saturated heterocycles. The summed E-state index contributed by atoms with van der Waals surface area (Å²) in [4.78, 5) is 0. The minimum absolute atomic E-state index is 0. The molecule has 1 radical (unpaired) electrons. The fourth-order valence-electron chi connectivity index (χ4n) is 3.56. The Morgan fingerprint density at radius 1 is 0.526 bits per heavy atom. The van der Waals surface area contributed by atoms with Crippen molar-refractivity contribution in [3.63, 3.8) is 0 Å². The van der Waals surface area contributed by atoms with Gasteiger partial charge in [-0.25, -0.2) is 0 Å². The average molecular weight is 859 g/mol. The molecule has 0 aliphatic rings. The molecule has 0 heterocycles. The Balaban J connectivity index is -0.000000126. The maximum atomic E-state index is 9.14. The van der Waals surface area contributed by atoms with Crippen molar-refractivity contribution in [1.82, 2.24) is 0 Å².